The molecule has 0 saturated carbocycles. The van der Waals surface area contributed by atoms with Gasteiger partial charge in [-0.25, -0.2) is 0 Å². The molecule has 1 aliphatic rings. The molecule has 3 nitrogen and oxygen atoms in total. The van der Waals surface area contributed by atoms with Crippen molar-refractivity contribution in [2.24, 2.45) is 0 Å². The van der Waals surface area contributed by atoms with Crippen molar-refractivity contribution >= 4 is 5.78 Å². The van der Waals surface area contributed by atoms with E-state index in [2.05, 4.69) is 18.7 Å². The predicted molar refractivity (Wildman–Crippen MR) is 61.0 cm³/mol. The zero-order valence-electron chi connectivity index (χ0n) is 10.2. The van der Waals surface area contributed by atoms with Crippen molar-refractivity contribution in [3.63, 3.8) is 0 Å². The summed E-state index contributed by atoms with van der Waals surface area (Å²) in [5.41, 5.74) is 0. The van der Waals surface area contributed by atoms with Gasteiger partial charge in [0.1, 0.15) is 5.78 Å². The van der Waals surface area contributed by atoms with Crippen LogP contribution in [0, 0.1) is 0 Å². The van der Waals surface area contributed by atoms with E-state index in [1.165, 1.54) is 0 Å². The maximum absolute atomic E-state index is 11.2. The molecule has 0 aromatic rings. The molecule has 0 N–H and O–H groups in total. The Kier molecular flexibility index (Phi) is 5.26. The SMILES string of the molecule is CCC(=O)CCC1CN(C(C)C)CCO1. The number of ether oxygens (including phenoxy) is 1. The summed E-state index contributed by atoms with van der Waals surface area (Å²) < 4.78 is 5.66. The van der Waals surface area contributed by atoms with E-state index in [0.717, 1.165) is 26.1 Å². The smallest absolute Gasteiger partial charge is 0.132 e. The van der Waals surface area contributed by atoms with E-state index in [4.69, 9.17) is 4.74 Å². The van der Waals surface area contributed by atoms with E-state index in [1.54, 1.807) is 0 Å². The lowest BCUT2D eigenvalue weighted by Crippen LogP contribution is -2.45. The van der Waals surface area contributed by atoms with E-state index in [9.17, 15) is 4.79 Å². The normalized spacial score (nSPS) is 23.3. The second-order valence-corrected chi connectivity index (χ2v) is 4.51. The van der Waals surface area contributed by atoms with Crippen LogP contribution in [-0.2, 0) is 9.53 Å². The van der Waals surface area contributed by atoms with Crippen molar-refractivity contribution in [3.8, 4) is 0 Å². The van der Waals surface area contributed by atoms with Crippen LogP contribution in [0.1, 0.15) is 40.0 Å². The number of rotatable bonds is 5. The third kappa shape index (κ3) is 4.31. The summed E-state index contributed by atoms with van der Waals surface area (Å²) in [6.07, 6.45) is 2.47. The predicted octanol–water partition coefficient (Wildman–Crippen LogP) is 1.85. The highest BCUT2D eigenvalue weighted by molar-refractivity contribution is 5.77. The molecule has 3 heteroatoms. The van der Waals surface area contributed by atoms with E-state index >= 15 is 0 Å². The zero-order valence-corrected chi connectivity index (χ0v) is 10.2. The highest BCUT2D eigenvalue weighted by Crippen LogP contribution is 2.13. The van der Waals surface area contributed by atoms with Crippen LogP contribution in [0.3, 0.4) is 0 Å². The number of ketones is 1. The van der Waals surface area contributed by atoms with Crippen molar-refractivity contribution < 1.29 is 9.53 Å². The van der Waals surface area contributed by atoms with E-state index in [0.29, 0.717) is 24.7 Å². The zero-order chi connectivity index (χ0) is 11.3. The minimum absolute atomic E-state index is 0.261. The highest BCUT2D eigenvalue weighted by Gasteiger charge is 2.22. The molecule has 1 saturated heterocycles. The topological polar surface area (TPSA) is 29.5 Å². The van der Waals surface area contributed by atoms with Gasteiger partial charge in [0.25, 0.3) is 0 Å². The summed E-state index contributed by atoms with van der Waals surface area (Å²) in [5, 5.41) is 0. The van der Waals surface area contributed by atoms with E-state index < -0.39 is 0 Å². The first-order valence-electron chi connectivity index (χ1n) is 6.00. The molecular formula is C12H23NO2. The quantitative estimate of drug-likeness (QED) is 0.698. The van der Waals surface area contributed by atoms with Gasteiger partial charge in [-0.2, -0.15) is 0 Å². The third-order valence-corrected chi connectivity index (χ3v) is 3.04. The number of carbonyl (C=O) groups is 1. The first-order chi connectivity index (χ1) is 7.13. The molecule has 88 valence electrons. The lowest BCUT2D eigenvalue weighted by molar-refractivity contribution is -0.120. The maximum atomic E-state index is 11.2. The molecule has 1 heterocycles. The molecule has 1 fully saturated rings. The Morgan fingerprint density at radius 2 is 2.27 bits per heavy atom. The van der Waals surface area contributed by atoms with Crippen molar-refractivity contribution in [1.29, 1.82) is 0 Å². The summed E-state index contributed by atoms with van der Waals surface area (Å²) in [7, 11) is 0. The van der Waals surface area contributed by atoms with Gasteiger partial charge in [0.15, 0.2) is 0 Å². The average molecular weight is 213 g/mol. The van der Waals surface area contributed by atoms with Gasteiger partial charge in [-0.15, -0.1) is 0 Å². The highest BCUT2D eigenvalue weighted by atomic mass is 16.5. The van der Waals surface area contributed by atoms with Gasteiger partial charge >= 0.3 is 0 Å². The van der Waals surface area contributed by atoms with Gasteiger partial charge in [-0.05, 0) is 20.3 Å². The fourth-order valence-electron chi connectivity index (χ4n) is 1.88. The minimum Gasteiger partial charge on any atom is -0.376 e. The second-order valence-electron chi connectivity index (χ2n) is 4.51. The fourth-order valence-corrected chi connectivity index (χ4v) is 1.88. The summed E-state index contributed by atoms with van der Waals surface area (Å²) in [6.45, 7) is 9.15. The first kappa shape index (κ1) is 12.7. The van der Waals surface area contributed by atoms with E-state index in [1.807, 2.05) is 6.92 Å². The summed E-state index contributed by atoms with van der Waals surface area (Å²) in [4.78, 5) is 13.6. The van der Waals surface area contributed by atoms with Gasteiger partial charge in [0, 0.05) is 32.0 Å². The molecule has 0 aliphatic carbocycles. The van der Waals surface area contributed by atoms with E-state index in [-0.39, 0.29) is 6.10 Å². The van der Waals surface area contributed by atoms with Gasteiger partial charge in [-0.1, -0.05) is 6.92 Å². The molecule has 1 aliphatic heterocycles. The Morgan fingerprint density at radius 3 is 2.87 bits per heavy atom. The Morgan fingerprint density at radius 1 is 1.53 bits per heavy atom. The average Bonchev–Trinajstić information content (AvgIpc) is 2.26. The summed E-state index contributed by atoms with van der Waals surface area (Å²) >= 11 is 0. The molecular weight excluding hydrogens is 190 g/mol. The molecule has 0 aromatic heterocycles. The molecule has 0 spiro atoms. The fraction of sp³-hybridized carbons (Fsp3) is 0.917. The third-order valence-electron chi connectivity index (χ3n) is 3.04. The Balaban J connectivity index is 2.27. The monoisotopic (exact) mass is 213 g/mol. The standard InChI is InChI=1S/C12H23NO2/c1-4-11(14)5-6-12-9-13(10(2)3)7-8-15-12/h10,12H,4-9H2,1-3H3. The first-order valence-corrected chi connectivity index (χ1v) is 6.00. The second kappa shape index (κ2) is 6.23. The number of Topliss-reactive ketones (excluding diaryl/α,β-unsaturated/α-hetero) is 1. The maximum Gasteiger partial charge on any atom is 0.132 e. The van der Waals surface area contributed by atoms with Gasteiger partial charge in [0.2, 0.25) is 0 Å². The molecule has 0 amide bonds. The largest absolute Gasteiger partial charge is 0.376 e. The van der Waals surface area contributed by atoms with Crippen LogP contribution in [0.2, 0.25) is 0 Å². The van der Waals surface area contributed by atoms with Crippen molar-refractivity contribution in [1.82, 2.24) is 4.90 Å². The number of nitrogens with zero attached hydrogens (tertiary/aromatic N) is 1. The Bertz CT molecular complexity index is 204. The van der Waals surface area contributed by atoms with Crippen molar-refractivity contribution in [2.45, 2.75) is 52.2 Å². The van der Waals surface area contributed by atoms with Crippen LogP contribution < -0.4 is 0 Å². The molecule has 15 heavy (non-hydrogen) atoms. The molecule has 1 unspecified atom stereocenters. The van der Waals surface area contributed by atoms with Crippen LogP contribution in [0.4, 0.5) is 0 Å². The van der Waals surface area contributed by atoms with Crippen molar-refractivity contribution in [3.05, 3.63) is 0 Å². The Hall–Kier alpha value is -0.410. The van der Waals surface area contributed by atoms with Crippen LogP contribution in [0.5, 0.6) is 0 Å². The number of hydrogen-bond acceptors (Lipinski definition) is 3. The lowest BCUT2D eigenvalue weighted by atomic mass is 10.1. The molecule has 0 radical (unpaired) electrons. The van der Waals surface area contributed by atoms with Crippen LogP contribution in [0.15, 0.2) is 0 Å². The van der Waals surface area contributed by atoms with Crippen LogP contribution in [-0.4, -0.2) is 42.5 Å². The van der Waals surface area contributed by atoms with Crippen molar-refractivity contribution in [2.75, 3.05) is 19.7 Å². The number of hydrogen-bond donors (Lipinski definition) is 0. The van der Waals surface area contributed by atoms with Crippen LogP contribution in [0.25, 0.3) is 0 Å². The molecule has 1 atom stereocenters. The molecule has 0 aromatic carbocycles. The van der Waals surface area contributed by atoms with Gasteiger partial charge in [-0.3, -0.25) is 9.69 Å². The summed E-state index contributed by atoms with van der Waals surface area (Å²) in [5.74, 6) is 0.347. The van der Waals surface area contributed by atoms with Gasteiger partial charge < -0.3 is 4.74 Å². The lowest BCUT2D eigenvalue weighted by Gasteiger charge is -2.35. The van der Waals surface area contributed by atoms with Crippen LogP contribution >= 0.6 is 0 Å². The Labute approximate surface area is 92.8 Å². The molecule has 1 rings (SSSR count). The van der Waals surface area contributed by atoms with Gasteiger partial charge in [0.05, 0.1) is 12.7 Å². The number of carbonyl (C=O) groups excluding carboxylic acids is 1. The number of morpholine rings is 1. The summed E-state index contributed by atoms with van der Waals surface area (Å²) in [6, 6.07) is 0.582. The minimum atomic E-state index is 0.261. The molecule has 0 bridgehead atoms.